The van der Waals surface area contributed by atoms with Gasteiger partial charge in [0.05, 0.1) is 5.25 Å². The highest BCUT2D eigenvalue weighted by atomic mass is 32.2. The molecule has 0 aromatic carbocycles. The second kappa shape index (κ2) is 5.80. The van der Waals surface area contributed by atoms with Crippen molar-refractivity contribution in [2.45, 2.75) is 24.5 Å². The number of hydrogen-bond donors (Lipinski definition) is 1. The molecule has 0 bridgehead atoms. The summed E-state index contributed by atoms with van der Waals surface area (Å²) in [7, 11) is -3.07. The van der Waals surface area contributed by atoms with Gasteiger partial charge in [0.25, 0.3) is 0 Å². The topological polar surface area (TPSA) is 105 Å². The lowest BCUT2D eigenvalue weighted by Gasteiger charge is -2.22. The van der Waals surface area contributed by atoms with Gasteiger partial charge in [0.15, 0.2) is 5.69 Å². The van der Waals surface area contributed by atoms with Crippen molar-refractivity contribution in [2.75, 3.05) is 24.2 Å². The predicted octanol–water partition coefficient (Wildman–Crippen LogP) is 0.831. The van der Waals surface area contributed by atoms with Crippen LogP contribution in [0.3, 0.4) is 0 Å². The van der Waals surface area contributed by atoms with E-state index in [0.29, 0.717) is 43.9 Å². The molecule has 2 aromatic heterocycles. The van der Waals surface area contributed by atoms with E-state index in [4.69, 9.17) is 0 Å². The summed E-state index contributed by atoms with van der Waals surface area (Å²) in [6.07, 6.45) is 6.41. The van der Waals surface area contributed by atoms with E-state index >= 15 is 0 Å². The van der Waals surface area contributed by atoms with E-state index in [1.54, 1.807) is 16.8 Å². The van der Waals surface area contributed by atoms with Crippen LogP contribution in [-0.2, 0) is 9.84 Å². The number of aromatic nitrogens is 3. The standard InChI is InChI=1S/C14H18N4O4S/c1-23(21,22)10-3-2-6-17(7-4-10)14-16-11(13(19)20)9-12-15-5-8-18(12)14/h5,8-10H,2-4,6-7H2,1H3,(H,19,20). The van der Waals surface area contributed by atoms with Crippen LogP contribution in [0.15, 0.2) is 18.5 Å². The summed E-state index contributed by atoms with van der Waals surface area (Å²) in [5.41, 5.74) is 0.443. The first-order chi connectivity index (χ1) is 10.9. The molecule has 1 fully saturated rings. The van der Waals surface area contributed by atoms with Crippen molar-refractivity contribution in [1.82, 2.24) is 14.4 Å². The highest BCUT2D eigenvalue weighted by Crippen LogP contribution is 2.22. The summed E-state index contributed by atoms with van der Waals surface area (Å²) in [6.45, 7) is 1.15. The Kier molecular flexibility index (Phi) is 3.97. The summed E-state index contributed by atoms with van der Waals surface area (Å²) >= 11 is 0. The molecule has 1 saturated heterocycles. The summed E-state index contributed by atoms with van der Waals surface area (Å²) < 4.78 is 25.3. The van der Waals surface area contributed by atoms with E-state index in [9.17, 15) is 18.3 Å². The number of aromatic carboxylic acids is 1. The van der Waals surface area contributed by atoms with Crippen LogP contribution in [-0.4, -0.2) is 58.5 Å². The van der Waals surface area contributed by atoms with Crippen LogP contribution >= 0.6 is 0 Å². The molecule has 1 atom stereocenters. The fraction of sp³-hybridized carbons (Fsp3) is 0.500. The van der Waals surface area contributed by atoms with Crippen LogP contribution in [0.2, 0.25) is 0 Å². The van der Waals surface area contributed by atoms with Crippen molar-refractivity contribution in [2.24, 2.45) is 0 Å². The van der Waals surface area contributed by atoms with E-state index in [2.05, 4.69) is 9.97 Å². The molecule has 0 radical (unpaired) electrons. The zero-order valence-corrected chi connectivity index (χ0v) is 13.5. The average Bonchev–Trinajstić information content (AvgIpc) is 2.80. The molecule has 1 aliphatic heterocycles. The molecular formula is C14H18N4O4S. The lowest BCUT2D eigenvalue weighted by atomic mass is 10.2. The Morgan fingerprint density at radius 3 is 2.83 bits per heavy atom. The van der Waals surface area contributed by atoms with Gasteiger partial charge in [-0.2, -0.15) is 0 Å². The molecule has 2 aromatic rings. The average molecular weight is 338 g/mol. The van der Waals surface area contributed by atoms with E-state index in [0.717, 1.165) is 0 Å². The molecular weight excluding hydrogens is 320 g/mol. The summed E-state index contributed by atoms with van der Waals surface area (Å²) in [4.78, 5) is 21.5. The van der Waals surface area contributed by atoms with Crippen molar-refractivity contribution in [3.05, 3.63) is 24.2 Å². The molecule has 0 spiro atoms. The smallest absolute Gasteiger partial charge is 0.354 e. The van der Waals surface area contributed by atoms with Gasteiger partial charge in [0, 0.05) is 37.8 Å². The lowest BCUT2D eigenvalue weighted by molar-refractivity contribution is 0.0690. The Bertz CT molecular complexity index is 846. The maximum absolute atomic E-state index is 11.8. The van der Waals surface area contributed by atoms with Gasteiger partial charge in [-0.25, -0.2) is 23.2 Å². The van der Waals surface area contributed by atoms with Crippen molar-refractivity contribution in [3.63, 3.8) is 0 Å². The molecule has 3 rings (SSSR count). The van der Waals surface area contributed by atoms with Gasteiger partial charge >= 0.3 is 5.97 Å². The van der Waals surface area contributed by atoms with E-state index in [1.807, 2.05) is 4.90 Å². The second-order valence-electron chi connectivity index (χ2n) is 5.77. The zero-order valence-electron chi connectivity index (χ0n) is 12.7. The van der Waals surface area contributed by atoms with E-state index in [1.165, 1.54) is 12.3 Å². The van der Waals surface area contributed by atoms with E-state index < -0.39 is 15.8 Å². The number of carboxylic acid groups (broad SMARTS) is 1. The predicted molar refractivity (Wildman–Crippen MR) is 84.6 cm³/mol. The summed E-state index contributed by atoms with van der Waals surface area (Å²) in [5, 5.41) is 8.86. The number of carbonyl (C=O) groups is 1. The van der Waals surface area contributed by atoms with Gasteiger partial charge in [0.2, 0.25) is 5.95 Å². The molecule has 0 aliphatic carbocycles. The van der Waals surface area contributed by atoms with Crippen LogP contribution in [0.1, 0.15) is 29.8 Å². The number of sulfone groups is 1. The van der Waals surface area contributed by atoms with Gasteiger partial charge in [-0.1, -0.05) is 0 Å². The maximum Gasteiger partial charge on any atom is 0.354 e. The molecule has 1 N–H and O–H groups in total. The number of rotatable bonds is 3. The van der Waals surface area contributed by atoms with Crippen LogP contribution in [0.5, 0.6) is 0 Å². The van der Waals surface area contributed by atoms with Crippen molar-refractivity contribution in [3.8, 4) is 0 Å². The molecule has 1 aliphatic rings. The Morgan fingerprint density at radius 1 is 1.35 bits per heavy atom. The van der Waals surface area contributed by atoms with Gasteiger partial charge in [-0.15, -0.1) is 0 Å². The van der Waals surface area contributed by atoms with Crippen LogP contribution in [0, 0.1) is 0 Å². The Morgan fingerprint density at radius 2 is 2.13 bits per heavy atom. The number of hydrogen-bond acceptors (Lipinski definition) is 6. The minimum absolute atomic E-state index is 0.0670. The number of carboxylic acids is 1. The molecule has 23 heavy (non-hydrogen) atoms. The van der Waals surface area contributed by atoms with Crippen molar-refractivity contribution >= 4 is 27.4 Å². The van der Waals surface area contributed by atoms with E-state index in [-0.39, 0.29) is 10.9 Å². The van der Waals surface area contributed by atoms with Crippen LogP contribution < -0.4 is 4.90 Å². The first kappa shape index (κ1) is 15.7. The van der Waals surface area contributed by atoms with Crippen LogP contribution in [0.25, 0.3) is 5.65 Å². The fourth-order valence-corrected chi connectivity index (χ4v) is 4.06. The minimum atomic E-state index is -3.07. The Labute approximate surface area is 133 Å². The summed E-state index contributed by atoms with van der Waals surface area (Å²) in [5.74, 6) is -0.618. The SMILES string of the molecule is CS(=O)(=O)C1CCCN(c2nc(C(=O)O)cc3nccn23)CC1. The number of imidazole rings is 1. The fourth-order valence-electron chi connectivity index (χ4n) is 2.93. The lowest BCUT2D eigenvalue weighted by Crippen LogP contribution is -2.29. The first-order valence-corrected chi connectivity index (χ1v) is 9.33. The third kappa shape index (κ3) is 3.14. The molecule has 124 valence electrons. The number of fused-ring (bicyclic) bond motifs is 1. The van der Waals surface area contributed by atoms with Crippen molar-refractivity contribution < 1.29 is 18.3 Å². The Balaban J connectivity index is 1.96. The van der Waals surface area contributed by atoms with Gasteiger partial charge < -0.3 is 10.0 Å². The zero-order chi connectivity index (χ0) is 16.6. The molecule has 9 heteroatoms. The molecule has 8 nitrogen and oxygen atoms in total. The molecule has 0 amide bonds. The Hall–Kier alpha value is -2.16. The maximum atomic E-state index is 11.8. The largest absolute Gasteiger partial charge is 0.477 e. The second-order valence-corrected chi connectivity index (χ2v) is 8.10. The van der Waals surface area contributed by atoms with Gasteiger partial charge in [-0.05, 0) is 19.3 Å². The summed E-state index contributed by atoms with van der Waals surface area (Å²) in [6, 6.07) is 1.42. The minimum Gasteiger partial charge on any atom is -0.477 e. The third-order valence-corrected chi connectivity index (χ3v) is 5.84. The monoisotopic (exact) mass is 338 g/mol. The number of nitrogens with zero attached hydrogens (tertiary/aromatic N) is 4. The normalized spacial score (nSPS) is 19.7. The number of anilines is 1. The van der Waals surface area contributed by atoms with Gasteiger partial charge in [-0.3, -0.25) is 4.40 Å². The van der Waals surface area contributed by atoms with Crippen molar-refractivity contribution in [1.29, 1.82) is 0 Å². The highest BCUT2D eigenvalue weighted by molar-refractivity contribution is 7.91. The van der Waals surface area contributed by atoms with Gasteiger partial charge in [0.1, 0.15) is 15.5 Å². The first-order valence-electron chi connectivity index (χ1n) is 7.37. The quantitative estimate of drug-likeness (QED) is 0.883. The van der Waals surface area contributed by atoms with Crippen LogP contribution in [0.4, 0.5) is 5.95 Å². The molecule has 3 heterocycles. The third-order valence-electron chi connectivity index (χ3n) is 4.15. The highest BCUT2D eigenvalue weighted by Gasteiger charge is 2.26. The molecule has 1 unspecified atom stereocenters. The molecule has 0 saturated carbocycles.